The fourth-order valence-corrected chi connectivity index (χ4v) is 9.43. The van der Waals surface area contributed by atoms with E-state index >= 15 is 0 Å². The van der Waals surface area contributed by atoms with E-state index in [1.54, 1.807) is 0 Å². The molecule has 0 spiro atoms. The van der Waals surface area contributed by atoms with Crippen molar-refractivity contribution in [1.29, 1.82) is 0 Å². The summed E-state index contributed by atoms with van der Waals surface area (Å²) in [6.45, 7) is 4.72. The smallest absolute Gasteiger partial charge is 0.0562 e. The van der Waals surface area contributed by atoms with Crippen molar-refractivity contribution in [2.75, 3.05) is 4.90 Å². The van der Waals surface area contributed by atoms with E-state index in [0.717, 1.165) is 17.1 Å². The number of nitrogens with zero attached hydrogens (tertiary/aromatic N) is 2. The first-order valence-electron chi connectivity index (χ1n) is 19.2. The van der Waals surface area contributed by atoms with E-state index in [9.17, 15) is 0 Å². The number of rotatable bonds is 5. The highest BCUT2D eigenvalue weighted by atomic mass is 15.1. The summed E-state index contributed by atoms with van der Waals surface area (Å²) in [7, 11) is 0. The molecule has 0 bridgehead atoms. The minimum Gasteiger partial charge on any atom is -0.309 e. The molecule has 10 aromatic rings. The van der Waals surface area contributed by atoms with Crippen molar-refractivity contribution in [1.82, 2.24) is 4.57 Å². The Morgan fingerprint density at radius 1 is 0.436 bits per heavy atom. The minimum atomic E-state index is -0.0916. The van der Waals surface area contributed by atoms with Crippen molar-refractivity contribution in [3.05, 3.63) is 205 Å². The predicted molar refractivity (Wildman–Crippen MR) is 233 cm³/mol. The molecule has 0 radical (unpaired) electrons. The van der Waals surface area contributed by atoms with Crippen LogP contribution < -0.4 is 4.90 Å². The molecule has 1 aromatic heterocycles. The highest BCUT2D eigenvalue weighted by Crippen LogP contribution is 2.53. The topological polar surface area (TPSA) is 8.17 Å². The van der Waals surface area contributed by atoms with Crippen LogP contribution in [0.1, 0.15) is 25.0 Å². The van der Waals surface area contributed by atoms with Gasteiger partial charge in [-0.2, -0.15) is 0 Å². The lowest BCUT2D eigenvalue weighted by Gasteiger charge is -2.28. The number of hydrogen-bond acceptors (Lipinski definition) is 1. The van der Waals surface area contributed by atoms with E-state index in [1.807, 2.05) is 0 Å². The van der Waals surface area contributed by atoms with Gasteiger partial charge in [-0.15, -0.1) is 0 Å². The van der Waals surface area contributed by atoms with Gasteiger partial charge in [0.05, 0.1) is 28.1 Å². The lowest BCUT2D eigenvalue weighted by Crippen LogP contribution is -2.15. The van der Waals surface area contributed by atoms with Crippen LogP contribution >= 0.6 is 0 Å². The first kappa shape index (κ1) is 31.6. The van der Waals surface area contributed by atoms with Crippen LogP contribution in [0.5, 0.6) is 0 Å². The van der Waals surface area contributed by atoms with Gasteiger partial charge in [-0.3, -0.25) is 0 Å². The van der Waals surface area contributed by atoms with E-state index in [0.29, 0.717) is 0 Å². The van der Waals surface area contributed by atoms with Gasteiger partial charge >= 0.3 is 0 Å². The zero-order valence-electron chi connectivity index (χ0n) is 30.9. The predicted octanol–water partition coefficient (Wildman–Crippen LogP) is 14.5. The second-order valence-corrected chi connectivity index (χ2v) is 15.3. The van der Waals surface area contributed by atoms with Crippen LogP contribution in [-0.4, -0.2) is 4.57 Å². The fourth-order valence-electron chi connectivity index (χ4n) is 9.43. The number of hydrogen-bond donors (Lipinski definition) is 0. The summed E-state index contributed by atoms with van der Waals surface area (Å²) in [5, 5.41) is 7.40. The van der Waals surface area contributed by atoms with Crippen LogP contribution in [0.2, 0.25) is 0 Å². The van der Waals surface area contributed by atoms with Gasteiger partial charge in [-0.05, 0) is 86.4 Å². The largest absolute Gasteiger partial charge is 0.309 e. The Morgan fingerprint density at radius 3 is 1.89 bits per heavy atom. The Hall–Kier alpha value is -6.90. The summed E-state index contributed by atoms with van der Waals surface area (Å²) in [6, 6.07) is 71.4. The molecular weight excluding hydrogens is 665 g/mol. The molecule has 11 rings (SSSR count). The molecule has 0 saturated carbocycles. The van der Waals surface area contributed by atoms with E-state index < -0.39 is 0 Å². The third-order valence-corrected chi connectivity index (χ3v) is 12.0. The second-order valence-electron chi connectivity index (χ2n) is 15.3. The molecule has 0 fully saturated rings. The number of aromatic nitrogens is 1. The van der Waals surface area contributed by atoms with Gasteiger partial charge in [0, 0.05) is 32.8 Å². The van der Waals surface area contributed by atoms with E-state index in [1.165, 1.54) is 82.4 Å². The third kappa shape index (κ3) is 4.68. The number of benzene rings is 9. The van der Waals surface area contributed by atoms with Gasteiger partial charge in [-0.1, -0.05) is 166 Å². The van der Waals surface area contributed by atoms with Crippen molar-refractivity contribution in [2.45, 2.75) is 19.3 Å². The van der Waals surface area contributed by atoms with Crippen LogP contribution in [0.3, 0.4) is 0 Å². The van der Waals surface area contributed by atoms with Crippen LogP contribution in [0.4, 0.5) is 17.1 Å². The van der Waals surface area contributed by atoms with E-state index in [-0.39, 0.29) is 5.41 Å². The molecule has 260 valence electrons. The fraction of sp³-hybridized carbons (Fsp3) is 0.0566. The average molecular weight is 703 g/mol. The molecule has 1 aliphatic carbocycles. The summed E-state index contributed by atoms with van der Waals surface area (Å²) < 4.78 is 2.51. The van der Waals surface area contributed by atoms with Crippen LogP contribution in [-0.2, 0) is 5.41 Å². The van der Waals surface area contributed by atoms with Crippen LogP contribution in [0, 0.1) is 0 Å². The monoisotopic (exact) mass is 702 g/mol. The molecule has 2 heteroatoms. The molecule has 0 saturated heterocycles. The van der Waals surface area contributed by atoms with Crippen molar-refractivity contribution in [2.24, 2.45) is 0 Å². The highest BCUT2D eigenvalue weighted by molar-refractivity contribution is 6.20. The van der Waals surface area contributed by atoms with Crippen molar-refractivity contribution < 1.29 is 0 Å². The standard InChI is InChI=1S/C53H38N2/c1-53(2)44-24-12-10-22-42(44)51-45(53)25-14-27-47(51)55-46-26-13-11-23-43(46)52-48(28-15-29-49(52)55)54(38-32-30-36(31-33-38)35-16-4-3-5-17-35)50-34-37-18-6-7-19-39(37)40-20-8-9-21-41(40)50/h3-34H,1-2H3. The van der Waals surface area contributed by atoms with Crippen LogP contribution in [0.25, 0.3) is 71.3 Å². The average Bonchev–Trinajstić information content (AvgIpc) is 3.70. The van der Waals surface area contributed by atoms with E-state index in [4.69, 9.17) is 0 Å². The van der Waals surface area contributed by atoms with Gasteiger partial charge in [0.25, 0.3) is 0 Å². The quantitative estimate of drug-likeness (QED) is 0.162. The molecular formula is C53H38N2. The molecule has 55 heavy (non-hydrogen) atoms. The number of anilines is 3. The molecule has 0 amide bonds. The molecule has 0 N–H and O–H groups in total. The minimum absolute atomic E-state index is 0.0916. The maximum absolute atomic E-state index is 2.51. The lowest BCUT2D eigenvalue weighted by molar-refractivity contribution is 0.660. The van der Waals surface area contributed by atoms with Crippen molar-refractivity contribution >= 4 is 60.4 Å². The van der Waals surface area contributed by atoms with E-state index in [2.05, 4.69) is 217 Å². The molecule has 1 aliphatic rings. The summed E-state index contributed by atoms with van der Waals surface area (Å²) >= 11 is 0. The normalized spacial score (nSPS) is 13.1. The van der Waals surface area contributed by atoms with Gasteiger partial charge in [0.1, 0.15) is 0 Å². The third-order valence-electron chi connectivity index (χ3n) is 12.0. The Morgan fingerprint density at radius 2 is 1.05 bits per heavy atom. The van der Waals surface area contributed by atoms with Gasteiger partial charge in [0.15, 0.2) is 0 Å². The molecule has 0 atom stereocenters. The molecule has 1 heterocycles. The molecule has 0 aliphatic heterocycles. The molecule has 2 nitrogen and oxygen atoms in total. The maximum Gasteiger partial charge on any atom is 0.0562 e. The Kier molecular flexibility index (Phi) is 6.93. The van der Waals surface area contributed by atoms with Crippen molar-refractivity contribution in [3.63, 3.8) is 0 Å². The lowest BCUT2D eigenvalue weighted by atomic mass is 9.82. The van der Waals surface area contributed by atoms with Gasteiger partial charge in [0.2, 0.25) is 0 Å². The Bertz CT molecular complexity index is 3110. The molecule has 9 aromatic carbocycles. The van der Waals surface area contributed by atoms with Crippen LogP contribution in [0.15, 0.2) is 194 Å². The first-order valence-corrected chi connectivity index (χ1v) is 19.2. The summed E-state index contributed by atoms with van der Waals surface area (Å²) in [5.74, 6) is 0. The number of para-hydroxylation sites is 1. The summed E-state index contributed by atoms with van der Waals surface area (Å²) in [5.41, 5.74) is 14.7. The zero-order valence-corrected chi connectivity index (χ0v) is 30.9. The Balaban J connectivity index is 1.23. The number of fused-ring (bicyclic) bond motifs is 9. The SMILES string of the molecule is CC1(C)c2ccccc2-c2c(-n3c4ccccc4c4c(N(c5ccc(-c6ccccc6)cc5)c5cc6ccccc6c6ccccc56)cccc43)cccc21. The highest BCUT2D eigenvalue weighted by Gasteiger charge is 2.37. The van der Waals surface area contributed by atoms with Gasteiger partial charge < -0.3 is 9.47 Å². The van der Waals surface area contributed by atoms with Crippen molar-refractivity contribution in [3.8, 4) is 27.9 Å². The summed E-state index contributed by atoms with van der Waals surface area (Å²) in [4.78, 5) is 2.50. The molecule has 0 unspecified atom stereocenters. The Labute approximate surface area is 321 Å². The summed E-state index contributed by atoms with van der Waals surface area (Å²) in [6.07, 6.45) is 0. The zero-order chi connectivity index (χ0) is 36.7. The van der Waals surface area contributed by atoms with Gasteiger partial charge in [-0.25, -0.2) is 0 Å². The maximum atomic E-state index is 2.51. The first-order chi connectivity index (χ1) is 27.1. The second kappa shape index (κ2) is 12.1.